The second-order valence-corrected chi connectivity index (χ2v) is 18.0. The Balaban J connectivity index is 1.41. The van der Waals surface area contributed by atoms with E-state index in [1.165, 1.54) is 0 Å². The van der Waals surface area contributed by atoms with Gasteiger partial charge >= 0.3 is 5.97 Å². The lowest BCUT2D eigenvalue weighted by Gasteiger charge is -2.72. The van der Waals surface area contributed by atoms with Gasteiger partial charge in [0.05, 0.1) is 43.0 Å². The minimum Gasteiger partial charge on any atom is -0.432 e. The SMILES string of the molecule is CC1(C)CC[C@]2(C(=O)O[C@@H]3O[C@H](CO)[C@@H](O)[C@H](O)[C@H]3O)CC[C@]3(C)C(=CC[C@H]4[C@@]5(C)C[C@@H](O)[C@H](O)[C@@](C)(CO)[C@@H]5[C@H](O)C[C@]43C)[C@@H]2[C@@H]1O. The van der Waals surface area contributed by atoms with Crippen molar-refractivity contribution in [2.45, 2.75) is 142 Å². The summed E-state index contributed by atoms with van der Waals surface area (Å²) in [7, 11) is 0. The van der Waals surface area contributed by atoms with Gasteiger partial charge in [-0.25, -0.2) is 0 Å². The first-order chi connectivity index (χ1) is 22.2. The zero-order valence-electron chi connectivity index (χ0n) is 29.1. The number of carbonyl (C=O) groups is 1. The zero-order valence-corrected chi connectivity index (χ0v) is 29.1. The van der Waals surface area contributed by atoms with Gasteiger partial charge in [0, 0.05) is 17.3 Å². The number of rotatable bonds is 4. The highest BCUT2D eigenvalue weighted by Crippen LogP contribution is 2.75. The lowest BCUT2D eigenvalue weighted by atomic mass is 9.32. The molecule has 0 spiro atoms. The molecule has 0 bridgehead atoms. The van der Waals surface area contributed by atoms with Gasteiger partial charge < -0.3 is 55.4 Å². The predicted molar refractivity (Wildman–Crippen MR) is 170 cm³/mol. The van der Waals surface area contributed by atoms with Crippen molar-refractivity contribution in [2.24, 2.45) is 50.2 Å². The number of ether oxygens (including phenoxy) is 2. The third kappa shape index (κ3) is 4.66. The van der Waals surface area contributed by atoms with Crippen molar-refractivity contribution in [3.05, 3.63) is 11.6 Å². The van der Waals surface area contributed by atoms with E-state index in [2.05, 4.69) is 26.8 Å². The molecule has 6 rings (SSSR count). The average molecular weight is 683 g/mol. The van der Waals surface area contributed by atoms with E-state index in [4.69, 9.17) is 9.47 Å². The highest BCUT2D eigenvalue weighted by atomic mass is 16.7. The molecule has 48 heavy (non-hydrogen) atoms. The van der Waals surface area contributed by atoms with E-state index in [1.807, 2.05) is 13.8 Å². The first kappa shape index (κ1) is 36.6. The first-order valence-electron chi connectivity index (χ1n) is 17.8. The van der Waals surface area contributed by atoms with Gasteiger partial charge in [-0.15, -0.1) is 0 Å². The van der Waals surface area contributed by atoms with Crippen LogP contribution in [0.1, 0.15) is 86.5 Å². The maximum absolute atomic E-state index is 14.4. The van der Waals surface area contributed by atoms with E-state index in [0.717, 1.165) is 5.57 Å². The Labute approximate surface area is 282 Å². The van der Waals surface area contributed by atoms with E-state index < -0.39 is 112 Å². The van der Waals surface area contributed by atoms with Gasteiger partial charge in [-0.3, -0.25) is 4.79 Å². The summed E-state index contributed by atoms with van der Waals surface area (Å²) in [5.41, 5.74) is -3.71. The molecule has 12 heteroatoms. The van der Waals surface area contributed by atoms with Gasteiger partial charge in [-0.2, -0.15) is 0 Å². The Bertz CT molecular complexity index is 1300. The summed E-state index contributed by atoms with van der Waals surface area (Å²) < 4.78 is 11.4. The van der Waals surface area contributed by atoms with Crippen LogP contribution in [0, 0.1) is 50.2 Å². The topological polar surface area (TPSA) is 218 Å². The Morgan fingerprint density at radius 1 is 0.833 bits per heavy atom. The lowest BCUT2D eigenvalue weighted by molar-refractivity contribution is -0.299. The van der Waals surface area contributed by atoms with Crippen LogP contribution in [0.5, 0.6) is 0 Å². The molecule has 274 valence electrons. The van der Waals surface area contributed by atoms with Gasteiger partial charge in [0.1, 0.15) is 24.4 Å². The highest BCUT2D eigenvalue weighted by molar-refractivity contribution is 5.79. The molecule has 0 aromatic rings. The van der Waals surface area contributed by atoms with Crippen LogP contribution in [0.25, 0.3) is 0 Å². The molecule has 6 aliphatic rings. The number of allylic oxidation sites excluding steroid dienone is 1. The molecular formula is C36H58O12. The molecule has 5 fully saturated rings. The van der Waals surface area contributed by atoms with Crippen molar-refractivity contribution >= 4 is 5.97 Å². The summed E-state index contributed by atoms with van der Waals surface area (Å²) in [5.74, 6) is -1.87. The van der Waals surface area contributed by atoms with Gasteiger partial charge in [-0.1, -0.05) is 53.2 Å². The molecule has 1 saturated heterocycles. The summed E-state index contributed by atoms with van der Waals surface area (Å²) in [6.07, 6.45) is -6.92. The molecule has 0 aromatic heterocycles. The molecule has 12 nitrogen and oxygen atoms in total. The van der Waals surface area contributed by atoms with Crippen molar-refractivity contribution in [3.63, 3.8) is 0 Å². The van der Waals surface area contributed by atoms with Gasteiger partial charge in [0.15, 0.2) is 0 Å². The third-order valence-corrected chi connectivity index (χ3v) is 15.3. The van der Waals surface area contributed by atoms with E-state index in [1.54, 1.807) is 6.92 Å². The van der Waals surface area contributed by atoms with Crippen LogP contribution in [-0.4, -0.2) is 120 Å². The number of esters is 1. The zero-order chi connectivity index (χ0) is 35.6. The lowest BCUT2D eigenvalue weighted by Crippen LogP contribution is -2.72. The minimum atomic E-state index is -1.75. The fraction of sp³-hybridized carbons (Fsp3) is 0.917. The van der Waals surface area contributed by atoms with Crippen molar-refractivity contribution in [1.29, 1.82) is 0 Å². The van der Waals surface area contributed by atoms with Gasteiger partial charge in [0.25, 0.3) is 0 Å². The number of fused-ring (bicyclic) bond motifs is 7. The Morgan fingerprint density at radius 2 is 1.48 bits per heavy atom. The predicted octanol–water partition coefficient (Wildman–Crippen LogP) is 0.377. The van der Waals surface area contributed by atoms with Crippen LogP contribution in [0.3, 0.4) is 0 Å². The summed E-state index contributed by atoms with van der Waals surface area (Å²) in [5, 5.41) is 98.0. The highest BCUT2D eigenvalue weighted by Gasteiger charge is 2.73. The summed E-state index contributed by atoms with van der Waals surface area (Å²) in [6.45, 7) is 11.0. The van der Waals surface area contributed by atoms with Crippen LogP contribution >= 0.6 is 0 Å². The minimum absolute atomic E-state index is 0.0533. The average Bonchev–Trinajstić information content (AvgIpc) is 3.02. The maximum Gasteiger partial charge on any atom is 0.315 e. The molecule has 17 atom stereocenters. The molecule has 9 N–H and O–H groups in total. The molecule has 4 saturated carbocycles. The van der Waals surface area contributed by atoms with Gasteiger partial charge in [0.2, 0.25) is 6.29 Å². The number of hydrogen-bond acceptors (Lipinski definition) is 12. The standard InChI is InChI=1S/C36H58O12/c1-31(2)9-11-36(30(46)48-29-25(43)24(42)23(41)20(15-37)47-29)12-10-34(5)17(22(36)28(31)45)7-8-21-32(3)13-19(40)27(44)33(4,16-38)26(32)18(39)14-35(21,34)6/h7,18-29,37-45H,8-16H2,1-6H3/t18-,19-,20-,21+,22-,23-,24+,25-,26-,27+,28+,29+,32-,33+,34-,35-,36+/m1/s1. The Kier molecular flexibility index (Phi) is 8.89. The monoisotopic (exact) mass is 682 g/mol. The summed E-state index contributed by atoms with van der Waals surface area (Å²) in [6, 6.07) is 0. The molecule has 1 aliphatic heterocycles. The molecule has 5 aliphatic carbocycles. The van der Waals surface area contributed by atoms with E-state index in [-0.39, 0.29) is 18.9 Å². The Morgan fingerprint density at radius 3 is 2.10 bits per heavy atom. The van der Waals surface area contributed by atoms with E-state index in [9.17, 15) is 50.8 Å². The van der Waals surface area contributed by atoms with Crippen molar-refractivity contribution in [2.75, 3.05) is 13.2 Å². The maximum atomic E-state index is 14.4. The molecule has 0 radical (unpaired) electrons. The number of aliphatic hydroxyl groups excluding tert-OH is 9. The van der Waals surface area contributed by atoms with Crippen LogP contribution in [0.4, 0.5) is 0 Å². The number of aliphatic hydroxyl groups is 9. The second kappa shape index (κ2) is 11.7. The molecule has 0 unspecified atom stereocenters. The van der Waals surface area contributed by atoms with Crippen LogP contribution in [-0.2, 0) is 14.3 Å². The normalized spacial score (nSPS) is 56.1. The third-order valence-electron chi connectivity index (χ3n) is 15.3. The second-order valence-electron chi connectivity index (χ2n) is 18.0. The number of carbonyl (C=O) groups excluding carboxylic acids is 1. The van der Waals surface area contributed by atoms with Crippen molar-refractivity contribution in [1.82, 2.24) is 0 Å². The Hall–Kier alpha value is -1.19. The summed E-state index contributed by atoms with van der Waals surface area (Å²) in [4.78, 5) is 14.4. The van der Waals surface area contributed by atoms with Crippen LogP contribution in [0.2, 0.25) is 0 Å². The largest absolute Gasteiger partial charge is 0.432 e. The van der Waals surface area contributed by atoms with Gasteiger partial charge in [-0.05, 0) is 72.5 Å². The quantitative estimate of drug-likeness (QED) is 0.145. The smallest absolute Gasteiger partial charge is 0.315 e. The van der Waals surface area contributed by atoms with Crippen LogP contribution < -0.4 is 0 Å². The first-order valence-corrected chi connectivity index (χ1v) is 17.8. The van der Waals surface area contributed by atoms with Crippen molar-refractivity contribution in [3.8, 4) is 0 Å². The fourth-order valence-corrected chi connectivity index (χ4v) is 12.3. The fourth-order valence-electron chi connectivity index (χ4n) is 12.3. The molecule has 0 aromatic carbocycles. The molecular weight excluding hydrogens is 624 g/mol. The molecule has 0 amide bonds. The van der Waals surface area contributed by atoms with E-state index in [0.29, 0.717) is 38.5 Å². The summed E-state index contributed by atoms with van der Waals surface area (Å²) >= 11 is 0. The van der Waals surface area contributed by atoms with E-state index >= 15 is 0 Å². The molecule has 1 heterocycles. The van der Waals surface area contributed by atoms with Crippen LogP contribution in [0.15, 0.2) is 11.6 Å². The van der Waals surface area contributed by atoms with Crippen molar-refractivity contribution < 1.29 is 60.2 Å². The number of hydrogen-bond donors (Lipinski definition) is 9.